The number of nitrogens with one attached hydrogen (secondary N) is 2. The summed E-state index contributed by atoms with van der Waals surface area (Å²) < 4.78 is 27.9. The molecule has 35 heavy (non-hydrogen) atoms. The van der Waals surface area contributed by atoms with Crippen molar-refractivity contribution in [3.63, 3.8) is 0 Å². The van der Waals surface area contributed by atoms with Gasteiger partial charge in [-0.1, -0.05) is 30.3 Å². The van der Waals surface area contributed by atoms with E-state index in [1.54, 1.807) is 24.3 Å². The van der Waals surface area contributed by atoms with Crippen LogP contribution in [0.4, 0.5) is 11.6 Å². The molecule has 1 aliphatic heterocycles. The van der Waals surface area contributed by atoms with Gasteiger partial charge in [0.05, 0.1) is 10.4 Å². The molecule has 0 atom stereocenters. The average Bonchev–Trinajstić information content (AvgIpc) is 3.38. The van der Waals surface area contributed by atoms with E-state index in [4.69, 9.17) is 0 Å². The van der Waals surface area contributed by atoms with Crippen LogP contribution in [-0.4, -0.2) is 54.7 Å². The highest BCUT2D eigenvalue weighted by Gasteiger charge is 2.16. The van der Waals surface area contributed by atoms with Crippen LogP contribution in [0.5, 0.6) is 0 Å². The number of sulfonamides is 1. The third-order valence-corrected chi connectivity index (χ3v) is 7.70. The largest absolute Gasteiger partial charge is 0.323 e. The molecule has 4 aromatic rings. The molecule has 0 amide bonds. The quantitative estimate of drug-likeness (QED) is 0.385. The number of aromatic nitrogens is 3. The Hall–Kier alpha value is -3.40. The molecule has 0 bridgehead atoms. The molecule has 180 valence electrons. The second-order valence-corrected chi connectivity index (χ2v) is 10.5. The molecule has 3 aromatic carbocycles. The Labute approximate surface area is 205 Å². The van der Waals surface area contributed by atoms with Gasteiger partial charge in [-0.25, -0.2) is 18.1 Å². The minimum Gasteiger partial charge on any atom is -0.323 e. The second kappa shape index (κ2) is 10.1. The number of benzene rings is 3. The Balaban J connectivity index is 1.27. The summed E-state index contributed by atoms with van der Waals surface area (Å²) in [4.78, 5) is 7.10. The van der Waals surface area contributed by atoms with E-state index in [2.05, 4.69) is 49.2 Å². The number of hydrogen-bond donors (Lipinski definition) is 2. The lowest BCUT2D eigenvalue weighted by atomic mass is 10.00. The summed E-state index contributed by atoms with van der Waals surface area (Å²) >= 11 is 0. The van der Waals surface area contributed by atoms with Crippen LogP contribution in [0.1, 0.15) is 18.4 Å². The summed E-state index contributed by atoms with van der Waals surface area (Å²) in [6.07, 6.45) is 2.37. The molecule has 9 heteroatoms. The number of fused-ring (bicyclic) bond motifs is 1. The van der Waals surface area contributed by atoms with Crippen molar-refractivity contribution in [3.8, 4) is 11.1 Å². The molecule has 0 spiro atoms. The first-order valence-corrected chi connectivity index (χ1v) is 13.3. The highest BCUT2D eigenvalue weighted by molar-refractivity contribution is 7.89. The molecule has 1 aromatic heterocycles. The smallest absolute Gasteiger partial charge is 0.247 e. The van der Waals surface area contributed by atoms with Crippen LogP contribution in [0, 0.1) is 6.92 Å². The topological polar surface area (TPSA) is 100 Å². The van der Waals surface area contributed by atoms with Gasteiger partial charge in [-0.15, -0.1) is 10.2 Å². The van der Waals surface area contributed by atoms with Gasteiger partial charge in [0, 0.05) is 18.8 Å². The first-order chi connectivity index (χ1) is 17.0. The molecular formula is C26H28N6O2S. The molecule has 0 saturated carbocycles. The predicted octanol–water partition coefficient (Wildman–Crippen LogP) is 4.12. The number of likely N-dealkylation sites (tertiary alicyclic amines) is 1. The average molecular weight is 489 g/mol. The van der Waals surface area contributed by atoms with Crippen LogP contribution in [0.3, 0.4) is 0 Å². The van der Waals surface area contributed by atoms with Crippen LogP contribution in [0.2, 0.25) is 0 Å². The molecular weight excluding hydrogens is 460 g/mol. The minimum atomic E-state index is -3.55. The van der Waals surface area contributed by atoms with Gasteiger partial charge < -0.3 is 10.2 Å². The first-order valence-electron chi connectivity index (χ1n) is 11.8. The summed E-state index contributed by atoms with van der Waals surface area (Å²) in [5.74, 6) is 0.351. The Morgan fingerprint density at radius 1 is 0.914 bits per heavy atom. The zero-order chi connectivity index (χ0) is 24.3. The summed E-state index contributed by atoms with van der Waals surface area (Å²) in [6.45, 7) is 5.28. The standard InChI is InChI=1S/C26H28N6O2S/c1-19-17-24-25(18-23(19)20-7-3-2-4-8-20)30-31-26(29-24)28-21-9-11-22(12-10-21)35(33,34)27-13-16-32-14-5-6-15-32/h2-4,7-12,17-18,27H,5-6,13-16H2,1H3,(H,28,29,31). The van der Waals surface area contributed by atoms with Crippen LogP contribution in [-0.2, 0) is 10.0 Å². The van der Waals surface area contributed by atoms with Gasteiger partial charge in [-0.2, -0.15) is 0 Å². The molecule has 2 heterocycles. The lowest BCUT2D eigenvalue weighted by Crippen LogP contribution is -2.33. The van der Waals surface area contributed by atoms with Gasteiger partial charge >= 0.3 is 0 Å². The number of nitrogens with zero attached hydrogens (tertiary/aromatic N) is 4. The Kier molecular flexibility index (Phi) is 6.72. The fourth-order valence-electron chi connectivity index (χ4n) is 4.34. The van der Waals surface area contributed by atoms with Crippen molar-refractivity contribution in [2.45, 2.75) is 24.7 Å². The van der Waals surface area contributed by atoms with Crippen molar-refractivity contribution in [2.24, 2.45) is 0 Å². The number of hydrogen-bond acceptors (Lipinski definition) is 7. The highest BCUT2D eigenvalue weighted by Crippen LogP contribution is 2.27. The zero-order valence-corrected chi connectivity index (χ0v) is 20.4. The normalized spacial score (nSPS) is 14.4. The first kappa shape index (κ1) is 23.3. The van der Waals surface area contributed by atoms with Crippen molar-refractivity contribution in [1.29, 1.82) is 0 Å². The molecule has 1 saturated heterocycles. The van der Waals surface area contributed by atoms with Gasteiger partial charge in [-0.3, -0.25) is 0 Å². The van der Waals surface area contributed by atoms with E-state index >= 15 is 0 Å². The molecule has 0 unspecified atom stereocenters. The van der Waals surface area contributed by atoms with Gasteiger partial charge in [0.25, 0.3) is 0 Å². The molecule has 1 fully saturated rings. The van der Waals surface area contributed by atoms with Crippen molar-refractivity contribution in [2.75, 3.05) is 31.5 Å². The molecule has 2 N–H and O–H groups in total. The van der Waals surface area contributed by atoms with Crippen molar-refractivity contribution in [3.05, 3.63) is 72.3 Å². The molecule has 1 aliphatic rings. The van der Waals surface area contributed by atoms with Gasteiger partial charge in [-0.05, 0) is 85.9 Å². The Morgan fingerprint density at radius 3 is 2.40 bits per heavy atom. The third-order valence-electron chi connectivity index (χ3n) is 6.22. The van der Waals surface area contributed by atoms with Crippen LogP contribution in [0.25, 0.3) is 22.2 Å². The molecule has 5 rings (SSSR count). The Morgan fingerprint density at radius 2 is 1.66 bits per heavy atom. The maximum atomic E-state index is 12.6. The monoisotopic (exact) mass is 488 g/mol. The summed E-state index contributed by atoms with van der Waals surface area (Å²) in [7, 11) is -3.55. The van der Waals surface area contributed by atoms with E-state index < -0.39 is 10.0 Å². The van der Waals surface area contributed by atoms with Gasteiger partial charge in [0.15, 0.2) is 0 Å². The molecule has 8 nitrogen and oxygen atoms in total. The van der Waals surface area contributed by atoms with E-state index in [0.29, 0.717) is 23.7 Å². The number of anilines is 2. The van der Waals surface area contributed by atoms with E-state index in [-0.39, 0.29) is 4.90 Å². The van der Waals surface area contributed by atoms with Crippen LogP contribution >= 0.6 is 0 Å². The SMILES string of the molecule is Cc1cc2nc(Nc3ccc(S(=O)(=O)NCCN4CCCC4)cc3)nnc2cc1-c1ccccc1. The summed E-state index contributed by atoms with van der Waals surface area (Å²) in [5, 5.41) is 11.7. The predicted molar refractivity (Wildman–Crippen MR) is 138 cm³/mol. The highest BCUT2D eigenvalue weighted by atomic mass is 32.2. The lowest BCUT2D eigenvalue weighted by Gasteiger charge is -2.15. The van der Waals surface area contributed by atoms with Crippen molar-refractivity contribution >= 4 is 32.7 Å². The zero-order valence-electron chi connectivity index (χ0n) is 19.6. The maximum absolute atomic E-state index is 12.6. The van der Waals surface area contributed by atoms with Crippen LogP contribution in [0.15, 0.2) is 71.6 Å². The van der Waals surface area contributed by atoms with Crippen molar-refractivity contribution < 1.29 is 8.42 Å². The Bertz CT molecular complexity index is 1420. The summed E-state index contributed by atoms with van der Waals surface area (Å²) in [5.41, 5.74) is 5.45. The van der Waals surface area contributed by atoms with E-state index in [9.17, 15) is 8.42 Å². The lowest BCUT2D eigenvalue weighted by molar-refractivity contribution is 0.344. The van der Waals surface area contributed by atoms with Gasteiger partial charge in [0.2, 0.25) is 16.0 Å². The maximum Gasteiger partial charge on any atom is 0.247 e. The van der Waals surface area contributed by atoms with E-state index in [0.717, 1.165) is 41.8 Å². The number of rotatable bonds is 8. The van der Waals surface area contributed by atoms with E-state index in [1.165, 1.54) is 12.8 Å². The van der Waals surface area contributed by atoms with Crippen molar-refractivity contribution in [1.82, 2.24) is 24.8 Å². The van der Waals surface area contributed by atoms with E-state index in [1.807, 2.05) is 30.3 Å². The fourth-order valence-corrected chi connectivity index (χ4v) is 5.37. The minimum absolute atomic E-state index is 0.228. The molecule has 0 radical (unpaired) electrons. The number of aryl methyl sites for hydroxylation is 1. The van der Waals surface area contributed by atoms with Gasteiger partial charge in [0.1, 0.15) is 5.52 Å². The second-order valence-electron chi connectivity index (χ2n) is 8.75. The summed E-state index contributed by atoms with van der Waals surface area (Å²) in [6, 6.07) is 20.7. The molecule has 0 aliphatic carbocycles. The fraction of sp³-hybridized carbons (Fsp3) is 0.269. The van der Waals surface area contributed by atoms with Crippen LogP contribution < -0.4 is 10.0 Å². The third kappa shape index (κ3) is 5.48.